The molecular formula is C22H32O5. The molecule has 5 nitrogen and oxygen atoms in total. The van der Waals surface area contributed by atoms with Crippen LogP contribution in [0.3, 0.4) is 0 Å². The Morgan fingerprint density at radius 3 is 2.70 bits per heavy atom. The molecule has 0 aromatic heterocycles. The summed E-state index contributed by atoms with van der Waals surface area (Å²) in [6.45, 7) is 10.8. The van der Waals surface area contributed by atoms with Crippen LogP contribution in [0.2, 0.25) is 0 Å². The highest BCUT2D eigenvalue weighted by molar-refractivity contribution is 5.71. The summed E-state index contributed by atoms with van der Waals surface area (Å²) in [5.41, 5.74) is 1.87. The molecule has 150 valence electrons. The van der Waals surface area contributed by atoms with Gasteiger partial charge in [0, 0.05) is 18.8 Å². The second-order valence-electron chi connectivity index (χ2n) is 9.92. The lowest BCUT2D eigenvalue weighted by atomic mass is 9.50. The van der Waals surface area contributed by atoms with Crippen molar-refractivity contribution in [3.63, 3.8) is 0 Å². The lowest BCUT2D eigenvalue weighted by Crippen LogP contribution is -2.51. The summed E-state index contributed by atoms with van der Waals surface area (Å²) in [7, 11) is 0. The van der Waals surface area contributed by atoms with E-state index in [1.165, 1.54) is 13.3 Å². The van der Waals surface area contributed by atoms with Crippen molar-refractivity contribution < 1.29 is 23.8 Å². The number of hydrogen-bond acceptors (Lipinski definition) is 5. The number of rotatable bonds is 2. The highest BCUT2D eigenvalue weighted by Gasteiger charge is 2.62. The molecule has 4 aliphatic rings. The molecule has 0 spiro atoms. The first kappa shape index (κ1) is 19.0. The molecule has 2 aliphatic heterocycles. The lowest BCUT2D eigenvalue weighted by Gasteiger charge is -2.55. The zero-order valence-corrected chi connectivity index (χ0v) is 17.1. The molecule has 0 amide bonds. The average molecular weight is 376 g/mol. The monoisotopic (exact) mass is 376 g/mol. The van der Waals surface area contributed by atoms with Crippen LogP contribution >= 0.6 is 0 Å². The SMILES string of the molecule is CC(=O)O[C@@H]1O[C@H]2OC(=O)C[C@@H]1[C@@H]2[C@]1(C)CC[C@@H]2C(=CCCC2(C)C)[C@H]1C. The Balaban J connectivity index is 1.65. The van der Waals surface area contributed by atoms with E-state index in [0.717, 1.165) is 19.3 Å². The number of hydrogen-bond donors (Lipinski definition) is 0. The third-order valence-electron chi connectivity index (χ3n) is 8.04. The van der Waals surface area contributed by atoms with Crippen molar-refractivity contribution in [3.05, 3.63) is 11.6 Å². The third kappa shape index (κ3) is 2.93. The lowest BCUT2D eigenvalue weighted by molar-refractivity contribution is -0.215. The molecule has 0 radical (unpaired) electrons. The van der Waals surface area contributed by atoms with Gasteiger partial charge >= 0.3 is 11.9 Å². The fraction of sp³-hybridized carbons (Fsp3) is 0.818. The van der Waals surface area contributed by atoms with Gasteiger partial charge < -0.3 is 14.2 Å². The minimum Gasteiger partial charge on any atom is -0.435 e. The van der Waals surface area contributed by atoms with E-state index in [9.17, 15) is 9.59 Å². The first-order valence-electron chi connectivity index (χ1n) is 10.4. The minimum atomic E-state index is -0.678. The predicted molar refractivity (Wildman–Crippen MR) is 99.2 cm³/mol. The normalized spacial score (nSPS) is 45.5. The Hall–Kier alpha value is -1.36. The van der Waals surface area contributed by atoms with Crippen molar-refractivity contribution in [2.45, 2.75) is 79.3 Å². The molecule has 1 saturated carbocycles. The molecule has 2 bridgehead atoms. The van der Waals surface area contributed by atoms with Crippen LogP contribution in [0, 0.1) is 34.5 Å². The van der Waals surface area contributed by atoms with Crippen LogP contribution in [-0.2, 0) is 23.8 Å². The van der Waals surface area contributed by atoms with E-state index >= 15 is 0 Å². The molecule has 3 fully saturated rings. The molecule has 4 rings (SSSR count). The van der Waals surface area contributed by atoms with Gasteiger partial charge in [0.15, 0.2) is 0 Å². The number of carbonyl (C=O) groups is 2. The van der Waals surface area contributed by atoms with Crippen molar-refractivity contribution >= 4 is 11.9 Å². The highest BCUT2D eigenvalue weighted by atomic mass is 16.8. The molecule has 0 aromatic rings. The van der Waals surface area contributed by atoms with Gasteiger partial charge in [0.1, 0.15) is 0 Å². The van der Waals surface area contributed by atoms with Crippen molar-refractivity contribution in [3.8, 4) is 0 Å². The Labute approximate surface area is 161 Å². The maximum absolute atomic E-state index is 12.0. The molecule has 0 N–H and O–H groups in total. The zero-order valence-electron chi connectivity index (χ0n) is 17.1. The summed E-state index contributed by atoms with van der Waals surface area (Å²) >= 11 is 0. The Kier molecular flexibility index (Phi) is 4.45. The van der Waals surface area contributed by atoms with Gasteiger partial charge in [-0.1, -0.05) is 39.3 Å². The van der Waals surface area contributed by atoms with Crippen LogP contribution in [0.15, 0.2) is 11.6 Å². The summed E-state index contributed by atoms with van der Waals surface area (Å²) < 4.78 is 16.9. The van der Waals surface area contributed by atoms with E-state index in [0.29, 0.717) is 17.3 Å². The molecule has 2 aliphatic carbocycles. The number of allylic oxidation sites excluding steroid dienone is 2. The van der Waals surface area contributed by atoms with Gasteiger partial charge in [0.05, 0.1) is 6.42 Å². The Bertz CT molecular complexity index is 680. The van der Waals surface area contributed by atoms with Crippen molar-refractivity contribution in [1.82, 2.24) is 0 Å². The molecular weight excluding hydrogens is 344 g/mol. The summed E-state index contributed by atoms with van der Waals surface area (Å²) in [6, 6.07) is 0. The maximum atomic E-state index is 12.0. The average Bonchev–Trinajstić information content (AvgIpc) is 2.79. The van der Waals surface area contributed by atoms with E-state index in [1.54, 1.807) is 5.57 Å². The number of ether oxygens (including phenoxy) is 3. The molecule has 2 heterocycles. The summed E-state index contributed by atoms with van der Waals surface area (Å²) in [6.07, 6.45) is 6.04. The second-order valence-corrected chi connectivity index (χ2v) is 9.92. The zero-order chi connectivity index (χ0) is 19.6. The van der Waals surface area contributed by atoms with Crippen molar-refractivity contribution in [2.24, 2.45) is 34.5 Å². The first-order chi connectivity index (χ1) is 12.6. The van der Waals surface area contributed by atoms with Crippen LogP contribution in [0.5, 0.6) is 0 Å². The fourth-order valence-corrected chi connectivity index (χ4v) is 6.38. The van der Waals surface area contributed by atoms with Gasteiger partial charge in [0.2, 0.25) is 12.6 Å². The number of carbonyl (C=O) groups excluding carboxylic acids is 2. The number of fused-ring (bicyclic) bond motifs is 3. The first-order valence-corrected chi connectivity index (χ1v) is 10.4. The van der Waals surface area contributed by atoms with Gasteiger partial charge in [0.25, 0.3) is 0 Å². The third-order valence-corrected chi connectivity index (χ3v) is 8.04. The summed E-state index contributed by atoms with van der Waals surface area (Å²) in [5, 5.41) is 0. The van der Waals surface area contributed by atoms with E-state index < -0.39 is 12.6 Å². The molecule has 0 aromatic carbocycles. The molecule has 27 heavy (non-hydrogen) atoms. The van der Waals surface area contributed by atoms with E-state index in [2.05, 4.69) is 33.8 Å². The Morgan fingerprint density at radius 1 is 1.26 bits per heavy atom. The molecule has 7 atom stereocenters. The van der Waals surface area contributed by atoms with Gasteiger partial charge in [-0.2, -0.15) is 0 Å². The van der Waals surface area contributed by atoms with E-state index in [-0.39, 0.29) is 35.6 Å². The fourth-order valence-electron chi connectivity index (χ4n) is 6.38. The highest BCUT2D eigenvalue weighted by Crippen LogP contribution is 2.62. The maximum Gasteiger partial charge on any atom is 0.308 e. The van der Waals surface area contributed by atoms with Crippen molar-refractivity contribution in [1.29, 1.82) is 0 Å². The molecule has 2 saturated heterocycles. The van der Waals surface area contributed by atoms with Gasteiger partial charge in [-0.05, 0) is 48.3 Å². The van der Waals surface area contributed by atoms with Crippen LogP contribution < -0.4 is 0 Å². The topological polar surface area (TPSA) is 61.8 Å². The predicted octanol–water partition coefficient (Wildman–Crippen LogP) is 4.21. The van der Waals surface area contributed by atoms with Crippen LogP contribution in [0.25, 0.3) is 0 Å². The Morgan fingerprint density at radius 2 is 2.00 bits per heavy atom. The summed E-state index contributed by atoms with van der Waals surface area (Å²) in [5.74, 6) is 0.324. The van der Waals surface area contributed by atoms with Crippen molar-refractivity contribution in [2.75, 3.05) is 0 Å². The second kappa shape index (κ2) is 6.33. The van der Waals surface area contributed by atoms with E-state index in [4.69, 9.17) is 14.2 Å². The number of esters is 2. The van der Waals surface area contributed by atoms with Gasteiger partial charge in [-0.3, -0.25) is 9.59 Å². The molecule has 5 heteroatoms. The standard InChI is InChI=1S/C22H32O5/c1-12-14-7-6-9-21(3,4)16(14)8-10-22(12,5)18-15-11-17(24)26-20(18)27-19(15)25-13(2)23/h7,12,15-16,18-20H,6,8-11H2,1-5H3/t12-,15-,16-,18+,19-,20-,22-/m1/s1. The van der Waals surface area contributed by atoms with Crippen LogP contribution in [0.4, 0.5) is 0 Å². The smallest absolute Gasteiger partial charge is 0.308 e. The largest absolute Gasteiger partial charge is 0.435 e. The minimum absolute atomic E-state index is 0.0410. The quantitative estimate of drug-likeness (QED) is 0.534. The molecule has 0 unspecified atom stereocenters. The van der Waals surface area contributed by atoms with Gasteiger partial charge in [-0.15, -0.1) is 0 Å². The van der Waals surface area contributed by atoms with Gasteiger partial charge in [-0.25, -0.2) is 0 Å². The van der Waals surface area contributed by atoms with Crippen LogP contribution in [-0.4, -0.2) is 24.5 Å². The summed E-state index contributed by atoms with van der Waals surface area (Å²) in [4.78, 5) is 23.5. The van der Waals surface area contributed by atoms with E-state index in [1.807, 2.05) is 0 Å². The van der Waals surface area contributed by atoms with Crippen LogP contribution in [0.1, 0.15) is 66.7 Å².